The molecule has 0 bridgehead atoms. The molecule has 0 amide bonds. The summed E-state index contributed by atoms with van der Waals surface area (Å²) in [6.07, 6.45) is 3.15. The second-order valence-corrected chi connectivity index (χ2v) is 4.22. The highest BCUT2D eigenvalue weighted by Gasteiger charge is 2.14. The maximum absolute atomic E-state index is 6.03. The zero-order valence-electron chi connectivity index (χ0n) is 9.64. The molecule has 0 aliphatic carbocycles. The number of rotatable bonds is 5. The summed E-state index contributed by atoms with van der Waals surface area (Å²) < 4.78 is 7.14. The Kier molecular flexibility index (Phi) is 3.81. The van der Waals surface area contributed by atoms with Crippen molar-refractivity contribution in [1.29, 1.82) is 0 Å². The van der Waals surface area contributed by atoms with Crippen molar-refractivity contribution < 1.29 is 4.42 Å². The van der Waals surface area contributed by atoms with E-state index >= 15 is 0 Å². The Morgan fingerprint density at radius 3 is 3.00 bits per heavy atom. The van der Waals surface area contributed by atoms with Gasteiger partial charge in [0.15, 0.2) is 5.22 Å². The van der Waals surface area contributed by atoms with Crippen molar-refractivity contribution in [2.24, 2.45) is 5.73 Å². The number of nitrogens with two attached hydrogens (primary N) is 1. The van der Waals surface area contributed by atoms with Gasteiger partial charge in [0.05, 0.1) is 6.04 Å². The van der Waals surface area contributed by atoms with Crippen LogP contribution in [0.4, 0.5) is 0 Å². The van der Waals surface area contributed by atoms with E-state index in [1.54, 1.807) is 18.5 Å². The van der Waals surface area contributed by atoms with Crippen molar-refractivity contribution >= 4 is 11.6 Å². The largest absolute Gasteiger partial charge is 0.448 e. The molecule has 0 fully saturated rings. The third-order valence-corrected chi connectivity index (χ3v) is 2.70. The normalized spacial score (nSPS) is 12.9. The monoisotopic (exact) mass is 254 g/mol. The molecule has 6 heteroatoms. The number of nitrogens with zero attached hydrogens (tertiary/aromatic N) is 3. The summed E-state index contributed by atoms with van der Waals surface area (Å²) in [5.41, 5.74) is 6.03. The second-order valence-electron chi connectivity index (χ2n) is 3.85. The number of hydrogen-bond donors (Lipinski definition) is 1. The van der Waals surface area contributed by atoms with Crippen LogP contribution in [0.25, 0.3) is 0 Å². The highest BCUT2D eigenvalue weighted by atomic mass is 35.5. The topological polar surface area (TPSA) is 69.9 Å². The summed E-state index contributed by atoms with van der Waals surface area (Å²) in [5, 5.41) is 4.50. The fraction of sp³-hybridized carbons (Fsp3) is 0.455. The van der Waals surface area contributed by atoms with Gasteiger partial charge in [0, 0.05) is 13.0 Å². The molecule has 0 aromatic carbocycles. The maximum Gasteiger partial charge on any atom is 0.193 e. The van der Waals surface area contributed by atoms with Crippen LogP contribution in [0.3, 0.4) is 0 Å². The minimum Gasteiger partial charge on any atom is -0.448 e. The Balaban J connectivity index is 2.07. The fourth-order valence-corrected chi connectivity index (χ4v) is 1.82. The van der Waals surface area contributed by atoms with Gasteiger partial charge in [-0.25, -0.2) is 4.98 Å². The van der Waals surface area contributed by atoms with E-state index in [2.05, 4.69) is 17.0 Å². The van der Waals surface area contributed by atoms with Crippen LogP contribution in [-0.4, -0.2) is 14.8 Å². The average Bonchev–Trinajstić information content (AvgIpc) is 2.89. The van der Waals surface area contributed by atoms with Gasteiger partial charge >= 0.3 is 0 Å². The summed E-state index contributed by atoms with van der Waals surface area (Å²) in [5.74, 6) is 1.54. The van der Waals surface area contributed by atoms with E-state index < -0.39 is 0 Å². The quantitative estimate of drug-likeness (QED) is 0.888. The van der Waals surface area contributed by atoms with Gasteiger partial charge in [0.1, 0.15) is 17.9 Å². The minimum atomic E-state index is -0.248. The molecule has 0 radical (unpaired) electrons. The molecule has 0 spiro atoms. The van der Waals surface area contributed by atoms with Crippen LogP contribution in [0.1, 0.15) is 31.0 Å². The molecular formula is C11H15ClN4O. The van der Waals surface area contributed by atoms with Gasteiger partial charge in [0.25, 0.3) is 0 Å². The number of halogens is 1. The van der Waals surface area contributed by atoms with Gasteiger partial charge in [-0.15, -0.1) is 0 Å². The van der Waals surface area contributed by atoms with Gasteiger partial charge < -0.3 is 10.2 Å². The first kappa shape index (κ1) is 12.1. The van der Waals surface area contributed by atoms with E-state index in [1.807, 2.05) is 4.68 Å². The zero-order chi connectivity index (χ0) is 12.3. The first-order valence-corrected chi connectivity index (χ1v) is 5.96. The van der Waals surface area contributed by atoms with Gasteiger partial charge in [-0.3, -0.25) is 4.68 Å². The minimum absolute atomic E-state index is 0.248. The molecule has 2 rings (SSSR count). The van der Waals surface area contributed by atoms with Gasteiger partial charge in [0.2, 0.25) is 0 Å². The number of hydrogen-bond acceptors (Lipinski definition) is 4. The molecule has 1 atom stereocenters. The molecule has 2 aromatic heterocycles. The maximum atomic E-state index is 6.03. The summed E-state index contributed by atoms with van der Waals surface area (Å²) in [4.78, 5) is 4.20. The Morgan fingerprint density at radius 2 is 2.35 bits per heavy atom. The summed E-state index contributed by atoms with van der Waals surface area (Å²) >= 11 is 5.71. The molecule has 0 aliphatic rings. The Hall–Kier alpha value is -1.33. The van der Waals surface area contributed by atoms with E-state index in [4.69, 9.17) is 21.8 Å². The molecule has 2 N–H and O–H groups in total. The van der Waals surface area contributed by atoms with E-state index in [-0.39, 0.29) is 6.04 Å². The molecule has 0 saturated carbocycles. The number of aromatic nitrogens is 3. The summed E-state index contributed by atoms with van der Waals surface area (Å²) in [6.45, 7) is 2.94. The Bertz CT molecular complexity index is 479. The highest BCUT2D eigenvalue weighted by molar-refractivity contribution is 6.28. The van der Waals surface area contributed by atoms with Crippen LogP contribution in [0.15, 0.2) is 22.9 Å². The van der Waals surface area contributed by atoms with Crippen LogP contribution in [0.5, 0.6) is 0 Å². The molecule has 0 aliphatic heterocycles. The molecule has 17 heavy (non-hydrogen) atoms. The van der Waals surface area contributed by atoms with Crippen LogP contribution < -0.4 is 5.73 Å². The molecule has 92 valence electrons. The van der Waals surface area contributed by atoms with Crippen molar-refractivity contribution in [3.63, 3.8) is 0 Å². The lowest BCUT2D eigenvalue weighted by Crippen LogP contribution is -2.16. The van der Waals surface area contributed by atoms with Crippen molar-refractivity contribution in [1.82, 2.24) is 14.8 Å². The number of furan rings is 1. The average molecular weight is 255 g/mol. The van der Waals surface area contributed by atoms with Gasteiger partial charge in [-0.05, 0) is 30.2 Å². The van der Waals surface area contributed by atoms with Gasteiger partial charge in [-0.2, -0.15) is 5.10 Å². The fourth-order valence-electron chi connectivity index (χ4n) is 1.67. The smallest absolute Gasteiger partial charge is 0.193 e. The zero-order valence-corrected chi connectivity index (χ0v) is 10.4. The van der Waals surface area contributed by atoms with Crippen molar-refractivity contribution in [2.45, 2.75) is 32.4 Å². The first-order valence-electron chi connectivity index (χ1n) is 5.58. The SMILES string of the molecule is CCCn1ncnc1CC(N)c1ccc(Cl)o1. The lowest BCUT2D eigenvalue weighted by Gasteiger charge is -2.09. The van der Waals surface area contributed by atoms with E-state index in [1.165, 1.54) is 0 Å². The van der Waals surface area contributed by atoms with E-state index in [0.29, 0.717) is 17.4 Å². The summed E-state index contributed by atoms with van der Waals surface area (Å²) in [7, 11) is 0. The van der Waals surface area contributed by atoms with Crippen molar-refractivity contribution in [3.05, 3.63) is 35.3 Å². The highest BCUT2D eigenvalue weighted by Crippen LogP contribution is 2.20. The van der Waals surface area contributed by atoms with Crippen molar-refractivity contribution in [3.8, 4) is 0 Å². The third kappa shape index (κ3) is 2.87. The predicted molar refractivity (Wildman–Crippen MR) is 64.7 cm³/mol. The van der Waals surface area contributed by atoms with Gasteiger partial charge in [-0.1, -0.05) is 6.92 Å². The molecule has 0 saturated heterocycles. The van der Waals surface area contributed by atoms with E-state index in [0.717, 1.165) is 18.8 Å². The van der Waals surface area contributed by atoms with Crippen LogP contribution in [0, 0.1) is 0 Å². The number of aryl methyl sites for hydroxylation is 1. The Morgan fingerprint density at radius 1 is 1.53 bits per heavy atom. The van der Waals surface area contributed by atoms with Crippen LogP contribution >= 0.6 is 11.6 Å². The van der Waals surface area contributed by atoms with Crippen LogP contribution in [-0.2, 0) is 13.0 Å². The van der Waals surface area contributed by atoms with Crippen molar-refractivity contribution in [2.75, 3.05) is 0 Å². The molecule has 2 heterocycles. The molecular weight excluding hydrogens is 240 g/mol. The lowest BCUT2D eigenvalue weighted by atomic mass is 10.1. The molecule has 1 unspecified atom stereocenters. The predicted octanol–water partition coefficient (Wildman–Crippen LogP) is 2.18. The van der Waals surface area contributed by atoms with E-state index in [9.17, 15) is 0 Å². The lowest BCUT2D eigenvalue weighted by molar-refractivity contribution is 0.453. The standard InChI is InChI=1S/C11H15ClN4O/c1-2-5-16-11(14-7-15-16)6-8(13)9-3-4-10(12)17-9/h3-4,7-8H,2,5-6,13H2,1H3. The first-order chi connectivity index (χ1) is 8.20. The molecule has 2 aromatic rings. The molecule has 5 nitrogen and oxygen atoms in total. The Labute approximate surface area is 105 Å². The second kappa shape index (κ2) is 5.33. The van der Waals surface area contributed by atoms with Crippen LogP contribution in [0.2, 0.25) is 5.22 Å². The third-order valence-electron chi connectivity index (χ3n) is 2.49. The summed E-state index contributed by atoms with van der Waals surface area (Å²) in [6, 6.07) is 3.23.